The van der Waals surface area contributed by atoms with E-state index in [1.54, 1.807) is 19.9 Å². The summed E-state index contributed by atoms with van der Waals surface area (Å²) in [4.78, 5) is 13.7. The number of amides is 1. The van der Waals surface area contributed by atoms with E-state index in [1.807, 2.05) is 4.90 Å². The molecule has 7 nitrogen and oxygen atoms in total. The van der Waals surface area contributed by atoms with E-state index < -0.39 is 23.7 Å². The Morgan fingerprint density at radius 2 is 2.07 bits per heavy atom. The van der Waals surface area contributed by atoms with Crippen LogP contribution < -0.4 is 5.43 Å². The van der Waals surface area contributed by atoms with Gasteiger partial charge in [-0.15, -0.1) is 5.10 Å². The fourth-order valence-electron chi connectivity index (χ4n) is 3.50. The van der Waals surface area contributed by atoms with E-state index in [0.717, 1.165) is 11.8 Å². The molecule has 1 aromatic carbocycles. The van der Waals surface area contributed by atoms with Crippen LogP contribution >= 0.6 is 11.6 Å². The maximum Gasteiger partial charge on any atom is 0.416 e. The molecule has 1 aliphatic rings. The minimum atomic E-state index is -4.46. The van der Waals surface area contributed by atoms with Gasteiger partial charge in [0.1, 0.15) is 10.7 Å². The number of benzene rings is 1. The van der Waals surface area contributed by atoms with E-state index in [-0.39, 0.29) is 10.6 Å². The predicted molar refractivity (Wildman–Crippen MR) is 106 cm³/mol. The number of fused-ring (bicyclic) bond motifs is 1. The van der Waals surface area contributed by atoms with Crippen molar-refractivity contribution < 1.29 is 18.0 Å². The van der Waals surface area contributed by atoms with Crippen LogP contribution in [0.4, 0.5) is 13.2 Å². The zero-order valence-corrected chi connectivity index (χ0v) is 17.1. The van der Waals surface area contributed by atoms with Crippen molar-refractivity contribution in [2.45, 2.75) is 39.0 Å². The first kappa shape index (κ1) is 21.8. The number of carbonyl (C=O) groups excluding carboxylic acids is 1. The maximum absolute atomic E-state index is 13.4. The molecule has 0 bridgehead atoms. The van der Waals surface area contributed by atoms with Crippen LogP contribution in [0.2, 0.25) is 0 Å². The minimum Gasteiger partial charge on any atom is -0.367 e. The Morgan fingerprint density at radius 1 is 1.37 bits per heavy atom. The summed E-state index contributed by atoms with van der Waals surface area (Å²) in [5.41, 5.74) is 3.54. The molecule has 3 rings (SSSR count). The quantitative estimate of drug-likeness (QED) is 0.439. The Hall–Kier alpha value is -2.88. The van der Waals surface area contributed by atoms with Gasteiger partial charge >= 0.3 is 6.18 Å². The number of hydrogen-bond donors (Lipinski definition) is 1. The first-order valence-electron chi connectivity index (χ1n) is 9.11. The van der Waals surface area contributed by atoms with Crippen LogP contribution in [0.5, 0.6) is 0 Å². The monoisotopic (exact) mass is 440 g/mol. The lowest BCUT2D eigenvalue weighted by Gasteiger charge is -2.30. The second-order valence-corrected chi connectivity index (χ2v) is 7.24. The summed E-state index contributed by atoms with van der Waals surface area (Å²) >= 11 is 6.11. The van der Waals surface area contributed by atoms with Gasteiger partial charge in [-0.05, 0) is 25.5 Å². The molecule has 0 saturated carbocycles. The van der Waals surface area contributed by atoms with Gasteiger partial charge in [0, 0.05) is 25.4 Å². The summed E-state index contributed by atoms with van der Waals surface area (Å²) in [5, 5.41) is 11.6. The molecule has 0 radical (unpaired) electrons. The Kier molecular flexibility index (Phi) is 6.16. The topological polar surface area (TPSA) is 75.4 Å². The molecule has 0 aliphatic carbocycles. The van der Waals surface area contributed by atoms with Crippen molar-refractivity contribution in [2.75, 3.05) is 6.54 Å². The van der Waals surface area contributed by atoms with Gasteiger partial charge in [0.05, 0.1) is 23.8 Å². The number of nitrogens with one attached hydrogen (secondary N) is 1. The molecule has 1 amide bonds. The van der Waals surface area contributed by atoms with Crippen LogP contribution in [0.25, 0.3) is 0 Å². The van der Waals surface area contributed by atoms with Gasteiger partial charge in [0.2, 0.25) is 0 Å². The number of alkyl halides is 3. The molecule has 0 unspecified atom stereocenters. The number of allylic oxidation sites excluding steroid dienone is 1. The lowest BCUT2D eigenvalue weighted by atomic mass is 10.0. The second-order valence-electron chi connectivity index (χ2n) is 6.86. The second kappa shape index (κ2) is 8.47. The van der Waals surface area contributed by atoms with E-state index in [1.165, 1.54) is 16.8 Å². The first-order valence-corrected chi connectivity index (χ1v) is 9.49. The standard InChI is InChI=1S/C19H20ClF3N6O/c1-11(13-6-4-5-7-14(13)19(21,22)23)29-16-8-9-28(10-15(16)25-27-29)12(2)17(20)18(30)26-24-3/h4-7,11H,3,8-10H2,1-2H3,(H,26,30)/b17-12-/t11-/m1/s1. The van der Waals surface area contributed by atoms with Gasteiger partial charge in [0.15, 0.2) is 0 Å². The average Bonchev–Trinajstić information content (AvgIpc) is 3.14. The number of hydrogen-bond acceptors (Lipinski definition) is 5. The Balaban J connectivity index is 1.88. The summed E-state index contributed by atoms with van der Waals surface area (Å²) in [6, 6.07) is 4.82. The lowest BCUT2D eigenvalue weighted by molar-refractivity contribution is -0.138. The van der Waals surface area contributed by atoms with Crippen molar-refractivity contribution in [3.05, 3.63) is 57.5 Å². The minimum absolute atomic E-state index is 0.0225. The highest BCUT2D eigenvalue weighted by molar-refractivity contribution is 6.42. The third-order valence-electron chi connectivity index (χ3n) is 5.09. The van der Waals surface area contributed by atoms with Crippen molar-refractivity contribution in [3.63, 3.8) is 0 Å². The molecule has 1 atom stereocenters. The molecular formula is C19H20ClF3N6O. The van der Waals surface area contributed by atoms with Crippen molar-refractivity contribution in [1.29, 1.82) is 0 Å². The van der Waals surface area contributed by atoms with E-state index in [0.29, 0.717) is 30.9 Å². The van der Waals surface area contributed by atoms with E-state index in [4.69, 9.17) is 11.6 Å². The largest absolute Gasteiger partial charge is 0.416 e. The molecule has 1 aliphatic heterocycles. The van der Waals surface area contributed by atoms with Gasteiger partial charge in [-0.1, -0.05) is 35.0 Å². The predicted octanol–water partition coefficient (Wildman–Crippen LogP) is 3.47. The molecule has 0 saturated heterocycles. The van der Waals surface area contributed by atoms with Crippen LogP contribution in [-0.4, -0.2) is 39.1 Å². The molecular weight excluding hydrogens is 421 g/mol. The van der Waals surface area contributed by atoms with Gasteiger partial charge < -0.3 is 4.90 Å². The zero-order valence-electron chi connectivity index (χ0n) is 16.4. The lowest BCUT2D eigenvalue weighted by Crippen LogP contribution is -2.32. The fraction of sp³-hybridized carbons (Fsp3) is 0.368. The number of nitrogens with zero attached hydrogens (tertiary/aromatic N) is 5. The Bertz CT molecular complexity index is 1000. The SMILES string of the molecule is C=NNC(=O)/C(Cl)=C(\C)N1CCc2c(nnn2[C@H](C)c2ccccc2C(F)(F)F)C1. The molecule has 2 aromatic rings. The smallest absolute Gasteiger partial charge is 0.367 e. The molecule has 11 heteroatoms. The van der Waals surface area contributed by atoms with Crippen molar-refractivity contribution >= 4 is 24.2 Å². The Morgan fingerprint density at radius 3 is 2.73 bits per heavy atom. The average molecular weight is 441 g/mol. The van der Waals surface area contributed by atoms with Gasteiger partial charge in [-0.3, -0.25) is 4.79 Å². The van der Waals surface area contributed by atoms with E-state index >= 15 is 0 Å². The van der Waals surface area contributed by atoms with Crippen molar-refractivity contribution in [1.82, 2.24) is 25.3 Å². The number of hydrazone groups is 1. The van der Waals surface area contributed by atoms with Crippen LogP contribution in [-0.2, 0) is 23.9 Å². The van der Waals surface area contributed by atoms with Crippen LogP contribution in [0, 0.1) is 0 Å². The van der Waals surface area contributed by atoms with Crippen LogP contribution in [0.1, 0.15) is 42.4 Å². The van der Waals surface area contributed by atoms with Crippen molar-refractivity contribution in [2.24, 2.45) is 5.10 Å². The summed E-state index contributed by atoms with van der Waals surface area (Å²) in [5.74, 6) is -0.573. The highest BCUT2D eigenvalue weighted by atomic mass is 35.5. The molecule has 30 heavy (non-hydrogen) atoms. The molecule has 1 N–H and O–H groups in total. The van der Waals surface area contributed by atoms with E-state index in [2.05, 4.69) is 27.6 Å². The normalized spacial score (nSPS) is 15.9. The highest BCUT2D eigenvalue weighted by Crippen LogP contribution is 2.36. The summed E-state index contributed by atoms with van der Waals surface area (Å²) < 4.78 is 41.8. The number of halogens is 4. The third-order valence-corrected chi connectivity index (χ3v) is 5.53. The van der Waals surface area contributed by atoms with Gasteiger partial charge in [0.25, 0.3) is 5.91 Å². The van der Waals surface area contributed by atoms with Gasteiger partial charge in [-0.2, -0.15) is 18.3 Å². The number of aromatic nitrogens is 3. The van der Waals surface area contributed by atoms with Crippen LogP contribution in [0.15, 0.2) is 40.1 Å². The first-order chi connectivity index (χ1) is 14.1. The number of carbonyl (C=O) groups is 1. The zero-order chi connectivity index (χ0) is 22.1. The third kappa shape index (κ3) is 4.18. The molecule has 160 valence electrons. The maximum atomic E-state index is 13.4. The highest BCUT2D eigenvalue weighted by Gasteiger charge is 2.35. The number of rotatable bonds is 5. The van der Waals surface area contributed by atoms with E-state index in [9.17, 15) is 18.0 Å². The van der Waals surface area contributed by atoms with Crippen molar-refractivity contribution in [3.8, 4) is 0 Å². The molecule has 1 aromatic heterocycles. The molecule has 0 spiro atoms. The molecule has 0 fully saturated rings. The summed E-state index contributed by atoms with van der Waals surface area (Å²) in [6.07, 6.45) is -3.97. The summed E-state index contributed by atoms with van der Waals surface area (Å²) in [7, 11) is 0. The van der Waals surface area contributed by atoms with Gasteiger partial charge in [-0.25, -0.2) is 10.1 Å². The molecule has 2 heterocycles. The summed E-state index contributed by atoms with van der Waals surface area (Å²) in [6.45, 7) is 7.38. The van der Waals surface area contributed by atoms with Crippen LogP contribution in [0.3, 0.4) is 0 Å². The fourth-order valence-corrected chi connectivity index (χ4v) is 3.66. The Labute approximate surface area is 176 Å².